The van der Waals surface area contributed by atoms with Crippen molar-refractivity contribution in [3.8, 4) is 0 Å². The molecule has 0 bridgehead atoms. The van der Waals surface area contributed by atoms with E-state index in [1.807, 2.05) is 0 Å². The maximum Gasteiger partial charge on any atom is 0.0367 e. The van der Waals surface area contributed by atoms with Gasteiger partial charge in [-0.3, -0.25) is 10.9 Å². The second-order valence-electron chi connectivity index (χ2n) is 4.43. The lowest BCUT2D eigenvalue weighted by Crippen LogP contribution is -2.49. The van der Waals surface area contributed by atoms with Crippen LogP contribution in [0.3, 0.4) is 0 Å². The van der Waals surface area contributed by atoms with Crippen LogP contribution in [0.25, 0.3) is 0 Å². The zero-order valence-corrected chi connectivity index (χ0v) is 6.90. The monoisotopic (exact) mass is 152 g/mol. The predicted molar refractivity (Wildman–Crippen MR) is 44.0 cm³/mol. The molecule has 0 radical (unpaired) electrons. The molecule has 0 aromatic heterocycles. The summed E-state index contributed by atoms with van der Waals surface area (Å²) in [6.45, 7) is 0. The van der Waals surface area contributed by atoms with E-state index in [0.29, 0.717) is 5.54 Å². The molecule has 2 saturated carbocycles. The van der Waals surface area contributed by atoms with Crippen LogP contribution in [0.4, 0.5) is 0 Å². The summed E-state index contributed by atoms with van der Waals surface area (Å²) in [6, 6.07) is 0.841. The number of nitrogens with one attached hydrogen (secondary N) is 2. The molecule has 11 heavy (non-hydrogen) atoms. The molecule has 1 spiro atoms. The van der Waals surface area contributed by atoms with Crippen molar-refractivity contribution < 1.29 is 0 Å². The molecule has 2 atom stereocenters. The van der Waals surface area contributed by atoms with E-state index in [0.717, 1.165) is 12.0 Å². The topological polar surface area (TPSA) is 24.1 Å². The molecular weight excluding hydrogens is 136 g/mol. The molecule has 2 aliphatic carbocycles. The van der Waals surface area contributed by atoms with Crippen molar-refractivity contribution in [3.63, 3.8) is 0 Å². The van der Waals surface area contributed by atoms with Gasteiger partial charge in [-0.05, 0) is 25.2 Å². The predicted octanol–water partition coefficient (Wildman–Crippen LogP) is 1.19. The van der Waals surface area contributed by atoms with Crippen LogP contribution in [-0.4, -0.2) is 11.6 Å². The van der Waals surface area contributed by atoms with Crippen LogP contribution in [0.5, 0.6) is 0 Å². The molecule has 1 aliphatic heterocycles. The molecule has 2 heteroatoms. The minimum Gasteiger partial charge on any atom is -0.254 e. The smallest absolute Gasteiger partial charge is 0.0367 e. The third kappa shape index (κ3) is 0.798. The highest BCUT2D eigenvalue weighted by atomic mass is 15.5. The highest BCUT2D eigenvalue weighted by Crippen LogP contribution is 2.50. The molecule has 62 valence electrons. The van der Waals surface area contributed by atoms with Crippen LogP contribution in [0.2, 0.25) is 0 Å². The fourth-order valence-corrected chi connectivity index (χ4v) is 2.97. The van der Waals surface area contributed by atoms with Crippen LogP contribution in [-0.2, 0) is 0 Å². The van der Waals surface area contributed by atoms with Gasteiger partial charge in [0.2, 0.25) is 0 Å². The summed E-state index contributed by atoms with van der Waals surface area (Å²) in [7, 11) is 0. The summed E-state index contributed by atoms with van der Waals surface area (Å²) < 4.78 is 0. The fourth-order valence-electron chi connectivity index (χ4n) is 2.97. The van der Waals surface area contributed by atoms with Crippen molar-refractivity contribution in [2.75, 3.05) is 0 Å². The third-order valence-corrected chi connectivity index (χ3v) is 3.75. The highest BCUT2D eigenvalue weighted by Gasteiger charge is 2.57. The van der Waals surface area contributed by atoms with Gasteiger partial charge in [0.1, 0.15) is 0 Å². The Bertz CT molecular complexity index is 172. The highest BCUT2D eigenvalue weighted by molar-refractivity contribution is 5.14. The molecule has 1 heterocycles. The van der Waals surface area contributed by atoms with E-state index in [1.165, 1.54) is 38.5 Å². The Kier molecular flexibility index (Phi) is 1.16. The Labute approximate surface area is 67.7 Å². The van der Waals surface area contributed by atoms with Gasteiger partial charge in [-0.15, -0.1) is 0 Å². The van der Waals surface area contributed by atoms with E-state index in [4.69, 9.17) is 0 Å². The Hall–Kier alpha value is -0.0800. The van der Waals surface area contributed by atoms with Crippen LogP contribution >= 0.6 is 0 Å². The Balaban J connectivity index is 1.81. The van der Waals surface area contributed by atoms with Crippen LogP contribution in [0, 0.1) is 5.92 Å². The number of fused-ring (bicyclic) bond motifs is 2. The van der Waals surface area contributed by atoms with Crippen molar-refractivity contribution >= 4 is 0 Å². The third-order valence-electron chi connectivity index (χ3n) is 3.75. The lowest BCUT2D eigenvalue weighted by Gasteiger charge is -2.35. The SMILES string of the molecule is C1CCC2(CC1)NNC1CC12. The van der Waals surface area contributed by atoms with E-state index in [-0.39, 0.29) is 0 Å². The number of rotatable bonds is 0. The van der Waals surface area contributed by atoms with Crippen molar-refractivity contribution in [2.45, 2.75) is 50.1 Å². The maximum absolute atomic E-state index is 3.52. The number of hydrazine groups is 1. The van der Waals surface area contributed by atoms with Crippen molar-refractivity contribution in [3.05, 3.63) is 0 Å². The first kappa shape index (κ1) is 6.44. The number of hydrogen-bond acceptors (Lipinski definition) is 2. The average Bonchev–Trinajstić information content (AvgIpc) is 2.77. The van der Waals surface area contributed by atoms with Crippen LogP contribution in [0.1, 0.15) is 38.5 Å². The normalized spacial score (nSPS) is 45.8. The molecule has 2 nitrogen and oxygen atoms in total. The van der Waals surface area contributed by atoms with Gasteiger partial charge in [0.25, 0.3) is 0 Å². The van der Waals surface area contributed by atoms with Crippen LogP contribution < -0.4 is 10.9 Å². The van der Waals surface area contributed by atoms with Crippen molar-refractivity contribution in [1.82, 2.24) is 10.9 Å². The van der Waals surface area contributed by atoms with E-state index in [1.54, 1.807) is 0 Å². The summed E-state index contributed by atoms with van der Waals surface area (Å²) in [5.74, 6) is 0.989. The van der Waals surface area contributed by atoms with Gasteiger partial charge < -0.3 is 0 Å². The second-order valence-corrected chi connectivity index (χ2v) is 4.43. The molecular formula is C9H16N2. The summed E-state index contributed by atoms with van der Waals surface area (Å²) in [4.78, 5) is 0. The molecule has 0 amide bonds. The van der Waals surface area contributed by atoms with Crippen molar-refractivity contribution in [2.24, 2.45) is 5.92 Å². The Morgan fingerprint density at radius 2 is 1.91 bits per heavy atom. The summed E-state index contributed by atoms with van der Waals surface area (Å²) in [5, 5.41) is 0. The molecule has 3 rings (SSSR count). The first-order chi connectivity index (χ1) is 5.41. The fraction of sp³-hybridized carbons (Fsp3) is 1.00. The molecule has 2 N–H and O–H groups in total. The standard InChI is InChI=1S/C9H16N2/c1-2-4-9(5-3-1)7-6-8(7)10-11-9/h7-8,10-11H,1-6H2. The van der Waals surface area contributed by atoms with Gasteiger partial charge in [-0.1, -0.05) is 19.3 Å². The minimum absolute atomic E-state index is 0.545. The zero-order valence-electron chi connectivity index (χ0n) is 6.90. The van der Waals surface area contributed by atoms with Crippen molar-refractivity contribution in [1.29, 1.82) is 0 Å². The molecule has 1 saturated heterocycles. The van der Waals surface area contributed by atoms with E-state index in [9.17, 15) is 0 Å². The van der Waals surface area contributed by atoms with Gasteiger partial charge in [0.05, 0.1) is 0 Å². The first-order valence-corrected chi connectivity index (χ1v) is 4.93. The van der Waals surface area contributed by atoms with Gasteiger partial charge in [-0.25, -0.2) is 0 Å². The van der Waals surface area contributed by atoms with Gasteiger partial charge in [0.15, 0.2) is 0 Å². The summed E-state index contributed by atoms with van der Waals surface area (Å²) in [5.41, 5.74) is 7.47. The average molecular weight is 152 g/mol. The second kappa shape index (κ2) is 1.99. The number of hydrogen-bond donors (Lipinski definition) is 2. The van der Waals surface area contributed by atoms with Gasteiger partial charge in [-0.2, -0.15) is 0 Å². The molecule has 3 fully saturated rings. The van der Waals surface area contributed by atoms with E-state index >= 15 is 0 Å². The molecule has 0 aromatic rings. The van der Waals surface area contributed by atoms with Gasteiger partial charge in [0, 0.05) is 11.6 Å². The summed E-state index contributed by atoms with van der Waals surface area (Å²) in [6.07, 6.45) is 8.62. The maximum atomic E-state index is 3.52. The quantitative estimate of drug-likeness (QED) is 0.545. The Morgan fingerprint density at radius 3 is 2.45 bits per heavy atom. The Morgan fingerprint density at radius 1 is 1.09 bits per heavy atom. The summed E-state index contributed by atoms with van der Waals surface area (Å²) >= 11 is 0. The van der Waals surface area contributed by atoms with E-state index in [2.05, 4.69) is 10.9 Å². The lowest BCUT2D eigenvalue weighted by atomic mass is 9.79. The van der Waals surface area contributed by atoms with E-state index < -0.39 is 0 Å². The molecule has 0 aromatic carbocycles. The first-order valence-electron chi connectivity index (χ1n) is 4.93. The van der Waals surface area contributed by atoms with Crippen LogP contribution in [0.15, 0.2) is 0 Å². The largest absolute Gasteiger partial charge is 0.254 e. The lowest BCUT2D eigenvalue weighted by molar-refractivity contribution is 0.215. The molecule has 2 unspecified atom stereocenters. The minimum atomic E-state index is 0.545. The zero-order chi connectivity index (χ0) is 7.31. The molecule has 3 aliphatic rings. The van der Waals surface area contributed by atoms with Gasteiger partial charge >= 0.3 is 0 Å².